The number of anilines is 1. The first-order valence-corrected chi connectivity index (χ1v) is 10.2. The Kier molecular flexibility index (Phi) is 5.67. The number of methoxy groups -OCH3 is 1. The highest BCUT2D eigenvalue weighted by Crippen LogP contribution is 2.39. The number of carbonyl (C=O) groups is 1. The van der Waals surface area contributed by atoms with Gasteiger partial charge in [-0.05, 0) is 42.0 Å². The molecule has 0 unspecified atom stereocenters. The predicted octanol–water partition coefficient (Wildman–Crippen LogP) is 5.85. The van der Waals surface area contributed by atoms with E-state index in [0.717, 1.165) is 10.3 Å². The number of carbonyl (C=O) groups excluding carboxylic acids is 1. The zero-order valence-electron chi connectivity index (χ0n) is 15.3. The van der Waals surface area contributed by atoms with Gasteiger partial charge < -0.3 is 4.74 Å². The van der Waals surface area contributed by atoms with Crippen molar-refractivity contribution in [2.75, 3.05) is 12.0 Å². The summed E-state index contributed by atoms with van der Waals surface area (Å²) in [5, 5.41) is 1.56. The fourth-order valence-electron chi connectivity index (χ4n) is 2.90. The van der Waals surface area contributed by atoms with Crippen LogP contribution in [0.1, 0.15) is 15.9 Å². The van der Waals surface area contributed by atoms with E-state index in [9.17, 15) is 4.79 Å². The molecule has 1 amide bonds. The molecule has 5 nitrogen and oxygen atoms in total. The van der Waals surface area contributed by atoms with Crippen LogP contribution in [-0.2, 0) is 6.54 Å². The minimum Gasteiger partial charge on any atom is -0.494 e. The van der Waals surface area contributed by atoms with E-state index in [0.29, 0.717) is 38.6 Å². The number of hydrogen-bond acceptors (Lipinski definition) is 5. The molecule has 8 heteroatoms. The average molecular weight is 444 g/mol. The molecule has 0 aliphatic carbocycles. The molecule has 0 aliphatic rings. The highest BCUT2D eigenvalue weighted by atomic mass is 35.5. The van der Waals surface area contributed by atoms with Crippen molar-refractivity contribution in [3.8, 4) is 5.75 Å². The molecule has 0 radical (unpaired) electrons. The molecule has 29 heavy (non-hydrogen) atoms. The number of thiazole rings is 1. The van der Waals surface area contributed by atoms with Gasteiger partial charge in [-0.25, -0.2) is 4.98 Å². The second-order valence-electron chi connectivity index (χ2n) is 6.19. The molecule has 146 valence electrons. The molecule has 0 saturated heterocycles. The minimum atomic E-state index is -0.217. The second-order valence-corrected chi connectivity index (χ2v) is 8.01. The van der Waals surface area contributed by atoms with E-state index in [1.54, 1.807) is 60.8 Å². The van der Waals surface area contributed by atoms with E-state index in [-0.39, 0.29) is 5.91 Å². The summed E-state index contributed by atoms with van der Waals surface area (Å²) in [4.78, 5) is 23.8. The van der Waals surface area contributed by atoms with Crippen LogP contribution >= 0.6 is 34.5 Å². The predicted molar refractivity (Wildman–Crippen MR) is 117 cm³/mol. The van der Waals surface area contributed by atoms with Crippen LogP contribution in [0, 0.1) is 0 Å². The van der Waals surface area contributed by atoms with E-state index in [4.69, 9.17) is 27.9 Å². The summed E-state index contributed by atoms with van der Waals surface area (Å²) in [5.41, 5.74) is 1.97. The Bertz CT molecular complexity index is 1180. The van der Waals surface area contributed by atoms with Crippen molar-refractivity contribution in [3.05, 3.63) is 82.1 Å². The summed E-state index contributed by atoms with van der Waals surface area (Å²) >= 11 is 13.8. The van der Waals surface area contributed by atoms with Gasteiger partial charge in [-0.15, -0.1) is 0 Å². The number of nitrogens with zero attached hydrogens (tertiary/aromatic N) is 3. The van der Waals surface area contributed by atoms with E-state index < -0.39 is 0 Å². The Balaban J connectivity index is 1.83. The first kappa shape index (κ1) is 19.6. The van der Waals surface area contributed by atoms with Crippen molar-refractivity contribution in [1.82, 2.24) is 9.97 Å². The number of pyridine rings is 1. The summed E-state index contributed by atoms with van der Waals surface area (Å²) in [5.74, 6) is 0.383. The number of amides is 1. The van der Waals surface area contributed by atoms with Gasteiger partial charge in [0.15, 0.2) is 5.13 Å². The monoisotopic (exact) mass is 443 g/mol. The minimum absolute atomic E-state index is 0.217. The van der Waals surface area contributed by atoms with Crippen LogP contribution in [0.4, 0.5) is 5.13 Å². The lowest BCUT2D eigenvalue weighted by atomic mass is 10.2. The zero-order valence-corrected chi connectivity index (χ0v) is 17.6. The van der Waals surface area contributed by atoms with Gasteiger partial charge in [0.1, 0.15) is 11.3 Å². The number of benzene rings is 2. The maximum absolute atomic E-state index is 13.4. The zero-order chi connectivity index (χ0) is 20.4. The molecule has 0 N–H and O–H groups in total. The Morgan fingerprint density at radius 3 is 2.76 bits per heavy atom. The van der Waals surface area contributed by atoms with E-state index in [1.807, 2.05) is 12.1 Å². The number of ether oxygens (including phenoxy) is 1. The molecule has 0 saturated carbocycles. The maximum Gasteiger partial charge on any atom is 0.260 e. The standard InChI is InChI=1S/C21H15Cl2N3O2S/c1-28-17-8-7-16(23)19-18(17)25-21(29-19)26(12-13-4-3-9-24-11-13)20(27)14-5-2-6-15(22)10-14/h2-11H,12H2,1H3. The molecule has 0 spiro atoms. The van der Waals surface area contributed by atoms with Crippen LogP contribution in [-0.4, -0.2) is 23.0 Å². The van der Waals surface area contributed by atoms with E-state index in [1.165, 1.54) is 11.3 Å². The van der Waals surface area contributed by atoms with Crippen molar-refractivity contribution in [1.29, 1.82) is 0 Å². The Labute approximate surface area is 181 Å². The normalized spacial score (nSPS) is 10.9. The SMILES string of the molecule is COc1ccc(Cl)c2sc(N(Cc3cccnc3)C(=O)c3cccc(Cl)c3)nc12. The maximum atomic E-state index is 13.4. The van der Waals surface area contributed by atoms with Gasteiger partial charge in [-0.3, -0.25) is 14.7 Å². The van der Waals surface area contributed by atoms with Crippen LogP contribution in [0.5, 0.6) is 5.75 Å². The van der Waals surface area contributed by atoms with Crippen molar-refractivity contribution in [2.24, 2.45) is 0 Å². The van der Waals surface area contributed by atoms with Gasteiger partial charge in [0.05, 0.1) is 23.4 Å². The number of fused-ring (bicyclic) bond motifs is 1. The molecular formula is C21H15Cl2N3O2S. The Morgan fingerprint density at radius 2 is 2.03 bits per heavy atom. The fraction of sp³-hybridized carbons (Fsp3) is 0.0952. The summed E-state index contributed by atoms with van der Waals surface area (Å²) in [6, 6.07) is 14.1. The molecule has 0 fully saturated rings. The molecule has 4 rings (SSSR count). The van der Waals surface area contributed by atoms with Crippen LogP contribution in [0.2, 0.25) is 10.0 Å². The highest BCUT2D eigenvalue weighted by Gasteiger charge is 2.23. The Morgan fingerprint density at radius 1 is 1.17 bits per heavy atom. The first-order valence-electron chi connectivity index (χ1n) is 8.66. The molecule has 4 aromatic rings. The Hall–Kier alpha value is -2.67. The van der Waals surface area contributed by atoms with Crippen molar-refractivity contribution in [3.63, 3.8) is 0 Å². The molecule has 2 heterocycles. The molecule has 2 aromatic carbocycles. The third kappa shape index (κ3) is 4.05. The lowest BCUT2D eigenvalue weighted by Gasteiger charge is -2.20. The van der Waals surface area contributed by atoms with E-state index in [2.05, 4.69) is 9.97 Å². The van der Waals surface area contributed by atoms with Crippen molar-refractivity contribution >= 4 is 55.8 Å². The average Bonchev–Trinajstić information content (AvgIpc) is 3.19. The molecular weight excluding hydrogens is 429 g/mol. The summed E-state index contributed by atoms with van der Waals surface area (Å²) in [6.07, 6.45) is 3.41. The topological polar surface area (TPSA) is 55.3 Å². The number of rotatable bonds is 5. The quantitative estimate of drug-likeness (QED) is 0.387. The largest absolute Gasteiger partial charge is 0.494 e. The van der Waals surface area contributed by atoms with Gasteiger partial charge in [-0.1, -0.05) is 46.7 Å². The van der Waals surface area contributed by atoms with Gasteiger partial charge in [-0.2, -0.15) is 0 Å². The molecule has 0 aliphatic heterocycles. The van der Waals surface area contributed by atoms with Gasteiger partial charge >= 0.3 is 0 Å². The fourth-order valence-corrected chi connectivity index (χ4v) is 4.34. The van der Waals surface area contributed by atoms with Crippen LogP contribution < -0.4 is 9.64 Å². The smallest absolute Gasteiger partial charge is 0.260 e. The lowest BCUT2D eigenvalue weighted by Crippen LogP contribution is -2.30. The molecule has 0 bridgehead atoms. The van der Waals surface area contributed by atoms with Crippen molar-refractivity contribution in [2.45, 2.75) is 6.54 Å². The lowest BCUT2D eigenvalue weighted by molar-refractivity contribution is 0.0985. The third-order valence-electron chi connectivity index (χ3n) is 4.28. The third-order valence-corrected chi connectivity index (χ3v) is 6.05. The number of aromatic nitrogens is 2. The van der Waals surface area contributed by atoms with Crippen LogP contribution in [0.15, 0.2) is 60.9 Å². The van der Waals surface area contributed by atoms with Gasteiger partial charge in [0.25, 0.3) is 5.91 Å². The second kappa shape index (κ2) is 8.37. The van der Waals surface area contributed by atoms with Crippen LogP contribution in [0.3, 0.4) is 0 Å². The number of hydrogen-bond donors (Lipinski definition) is 0. The summed E-state index contributed by atoms with van der Waals surface area (Å²) < 4.78 is 6.17. The highest BCUT2D eigenvalue weighted by molar-refractivity contribution is 7.23. The summed E-state index contributed by atoms with van der Waals surface area (Å²) in [6.45, 7) is 0.305. The molecule has 2 aromatic heterocycles. The van der Waals surface area contributed by atoms with Crippen molar-refractivity contribution < 1.29 is 9.53 Å². The summed E-state index contributed by atoms with van der Waals surface area (Å²) in [7, 11) is 1.58. The van der Waals surface area contributed by atoms with E-state index >= 15 is 0 Å². The number of halogens is 2. The molecule has 0 atom stereocenters. The van der Waals surface area contributed by atoms with Gasteiger partial charge in [0.2, 0.25) is 0 Å². The van der Waals surface area contributed by atoms with Gasteiger partial charge in [0, 0.05) is 23.0 Å². The van der Waals surface area contributed by atoms with Crippen LogP contribution in [0.25, 0.3) is 10.2 Å². The first-order chi connectivity index (χ1) is 14.1.